The number of ether oxygens (including phenoxy) is 1. The molecule has 1 aromatic carbocycles. The molecule has 4 heteroatoms. The highest BCUT2D eigenvalue weighted by molar-refractivity contribution is 5.97. The molecule has 0 fully saturated rings. The van der Waals surface area contributed by atoms with Crippen LogP contribution in [0, 0.1) is 5.92 Å². The molecule has 4 nitrogen and oxygen atoms in total. The third-order valence-electron chi connectivity index (χ3n) is 3.73. The fourth-order valence-corrected chi connectivity index (χ4v) is 2.18. The van der Waals surface area contributed by atoms with Crippen molar-refractivity contribution in [2.45, 2.75) is 19.8 Å². The first-order valence-corrected chi connectivity index (χ1v) is 7.81. The van der Waals surface area contributed by atoms with Crippen molar-refractivity contribution in [1.29, 1.82) is 0 Å². The van der Waals surface area contributed by atoms with Crippen molar-refractivity contribution in [3.63, 3.8) is 0 Å². The Morgan fingerprint density at radius 3 is 2.46 bits per heavy atom. The molecule has 1 N–H and O–H groups in total. The second-order valence-electron chi connectivity index (χ2n) is 5.49. The van der Waals surface area contributed by atoms with Crippen molar-refractivity contribution in [3.05, 3.63) is 66.3 Å². The van der Waals surface area contributed by atoms with Crippen LogP contribution in [-0.2, 0) is 14.3 Å². The van der Waals surface area contributed by atoms with E-state index in [1.54, 1.807) is 19.1 Å². The number of hydrogen-bond acceptors (Lipinski definition) is 3. The molecular weight excluding hydrogens is 304 g/mol. The molecule has 1 unspecified atom stereocenters. The maximum atomic E-state index is 12.2. The van der Waals surface area contributed by atoms with Gasteiger partial charge < -0.3 is 9.84 Å². The highest BCUT2D eigenvalue weighted by atomic mass is 16.5. The van der Waals surface area contributed by atoms with E-state index < -0.39 is 11.9 Å². The molecule has 1 atom stereocenters. The van der Waals surface area contributed by atoms with Gasteiger partial charge in [0.15, 0.2) is 5.78 Å². The van der Waals surface area contributed by atoms with Crippen molar-refractivity contribution in [2.24, 2.45) is 5.92 Å². The number of carboxylic acid groups (broad SMARTS) is 1. The predicted octanol–water partition coefficient (Wildman–Crippen LogP) is 3.90. The number of carbonyl (C=O) groups excluding carboxylic acids is 1. The van der Waals surface area contributed by atoms with Gasteiger partial charge in [-0.1, -0.05) is 55.1 Å². The molecule has 128 valence electrons. The summed E-state index contributed by atoms with van der Waals surface area (Å²) in [5.41, 5.74) is 2.43. The topological polar surface area (TPSA) is 63.6 Å². The lowest BCUT2D eigenvalue weighted by molar-refractivity contribution is -0.144. The van der Waals surface area contributed by atoms with E-state index in [0.29, 0.717) is 18.6 Å². The maximum Gasteiger partial charge on any atom is 0.307 e. The number of hydrogen-bond donors (Lipinski definition) is 1. The lowest BCUT2D eigenvalue weighted by Crippen LogP contribution is -2.20. The molecule has 1 rings (SSSR count). The van der Waals surface area contributed by atoms with E-state index in [0.717, 1.165) is 11.1 Å². The number of rotatable bonds is 10. The monoisotopic (exact) mass is 328 g/mol. The highest BCUT2D eigenvalue weighted by Gasteiger charge is 2.21. The van der Waals surface area contributed by atoms with Crippen LogP contribution >= 0.6 is 0 Å². The van der Waals surface area contributed by atoms with Crippen LogP contribution in [0.3, 0.4) is 0 Å². The molecule has 0 radical (unpaired) electrons. The van der Waals surface area contributed by atoms with Crippen molar-refractivity contribution in [1.82, 2.24) is 0 Å². The molecule has 0 aliphatic rings. The van der Waals surface area contributed by atoms with E-state index in [-0.39, 0.29) is 12.2 Å². The number of benzene rings is 1. The van der Waals surface area contributed by atoms with Crippen LogP contribution in [0.25, 0.3) is 5.57 Å². The average Bonchev–Trinajstić information content (AvgIpc) is 2.59. The van der Waals surface area contributed by atoms with Crippen molar-refractivity contribution in [3.8, 4) is 0 Å². The Balaban J connectivity index is 2.82. The largest absolute Gasteiger partial charge is 0.481 e. The zero-order valence-corrected chi connectivity index (χ0v) is 14.2. The third-order valence-corrected chi connectivity index (χ3v) is 3.73. The summed E-state index contributed by atoms with van der Waals surface area (Å²) in [4.78, 5) is 23.4. The van der Waals surface area contributed by atoms with E-state index in [1.807, 2.05) is 36.4 Å². The summed E-state index contributed by atoms with van der Waals surface area (Å²) in [5.74, 6) is -1.87. The lowest BCUT2D eigenvalue weighted by Gasteiger charge is -2.11. The zero-order valence-electron chi connectivity index (χ0n) is 14.2. The fourth-order valence-electron chi connectivity index (χ4n) is 2.18. The van der Waals surface area contributed by atoms with Crippen molar-refractivity contribution < 1.29 is 19.4 Å². The Morgan fingerprint density at radius 2 is 1.92 bits per heavy atom. The third kappa shape index (κ3) is 6.34. The van der Waals surface area contributed by atoms with Gasteiger partial charge in [-0.15, -0.1) is 0 Å². The lowest BCUT2D eigenvalue weighted by atomic mass is 9.95. The van der Waals surface area contributed by atoms with Gasteiger partial charge >= 0.3 is 5.97 Å². The summed E-state index contributed by atoms with van der Waals surface area (Å²) in [7, 11) is 1.51. The molecule has 0 aliphatic heterocycles. The van der Waals surface area contributed by atoms with Crippen LogP contribution in [0.2, 0.25) is 0 Å². The first-order chi connectivity index (χ1) is 11.5. The number of carbonyl (C=O) groups is 2. The number of methoxy groups -OCH3 is 1. The Hall–Kier alpha value is -2.46. The van der Waals surface area contributed by atoms with E-state index in [4.69, 9.17) is 4.74 Å². The number of allylic oxidation sites excluding steroid dienone is 5. The molecule has 1 aromatic rings. The number of Topliss-reactive ketones (excluding diaryl/α,β-unsaturated/α-hetero) is 1. The Kier molecular flexibility index (Phi) is 8.44. The quantitative estimate of drug-likeness (QED) is 0.522. The Morgan fingerprint density at radius 1 is 1.25 bits per heavy atom. The zero-order chi connectivity index (χ0) is 17.9. The molecule has 0 saturated heterocycles. The average molecular weight is 328 g/mol. The minimum Gasteiger partial charge on any atom is -0.481 e. The highest BCUT2D eigenvalue weighted by Crippen LogP contribution is 2.17. The molecule has 0 spiro atoms. The molecule has 24 heavy (non-hydrogen) atoms. The standard InChI is InChI=1S/C20H24O4/c1-4-16(17-8-6-5-7-9-17)11-10-15(2)19(21)14-18(20(22)23)12-13-24-3/h4-11,18H,1,12-14H2,2-3H3,(H,22,23)/b15-10+,16-11+. The van der Waals surface area contributed by atoms with Gasteiger partial charge in [0.1, 0.15) is 0 Å². The van der Waals surface area contributed by atoms with Gasteiger partial charge in [-0.05, 0) is 30.1 Å². The fraction of sp³-hybridized carbons (Fsp3) is 0.300. The minimum absolute atomic E-state index is 0.0242. The van der Waals surface area contributed by atoms with Gasteiger partial charge in [-0.2, -0.15) is 0 Å². The van der Waals surface area contributed by atoms with E-state index >= 15 is 0 Å². The number of ketones is 1. The van der Waals surface area contributed by atoms with Crippen LogP contribution in [-0.4, -0.2) is 30.6 Å². The minimum atomic E-state index is -0.972. The smallest absolute Gasteiger partial charge is 0.307 e. The van der Waals surface area contributed by atoms with Gasteiger partial charge in [0.2, 0.25) is 0 Å². The molecule has 0 aromatic heterocycles. The first-order valence-electron chi connectivity index (χ1n) is 7.81. The summed E-state index contributed by atoms with van der Waals surface area (Å²) in [5, 5.41) is 9.18. The SMILES string of the molecule is C=C/C(=C\C=C(/C)C(=O)CC(CCOC)C(=O)O)c1ccccc1. The molecule has 0 saturated carbocycles. The van der Waals surface area contributed by atoms with Crippen LogP contribution in [0.4, 0.5) is 0 Å². The van der Waals surface area contributed by atoms with Gasteiger partial charge in [-0.25, -0.2) is 0 Å². The number of aliphatic carboxylic acids is 1. The number of carboxylic acids is 1. The van der Waals surface area contributed by atoms with Crippen LogP contribution in [0.5, 0.6) is 0 Å². The van der Waals surface area contributed by atoms with E-state index in [2.05, 4.69) is 6.58 Å². The van der Waals surface area contributed by atoms with Crippen LogP contribution in [0.1, 0.15) is 25.3 Å². The van der Waals surface area contributed by atoms with Crippen molar-refractivity contribution >= 4 is 17.3 Å². The van der Waals surface area contributed by atoms with Gasteiger partial charge in [0, 0.05) is 20.1 Å². The molecule has 0 amide bonds. The summed E-state index contributed by atoms with van der Waals surface area (Å²) in [6, 6.07) is 9.72. The van der Waals surface area contributed by atoms with Gasteiger partial charge in [-0.3, -0.25) is 9.59 Å². The predicted molar refractivity (Wildman–Crippen MR) is 95.6 cm³/mol. The second-order valence-corrected chi connectivity index (χ2v) is 5.49. The summed E-state index contributed by atoms with van der Waals surface area (Å²) < 4.78 is 4.90. The second kappa shape index (κ2) is 10.3. The van der Waals surface area contributed by atoms with Crippen LogP contribution in [0.15, 0.2) is 60.7 Å². The summed E-state index contributed by atoms with van der Waals surface area (Å²) in [6.45, 7) is 5.81. The van der Waals surface area contributed by atoms with Gasteiger partial charge in [0.05, 0.1) is 5.92 Å². The Bertz CT molecular complexity index is 626. The normalized spacial score (nSPS) is 13.4. The van der Waals surface area contributed by atoms with E-state index in [1.165, 1.54) is 7.11 Å². The van der Waals surface area contributed by atoms with Crippen molar-refractivity contribution in [2.75, 3.05) is 13.7 Å². The molecular formula is C20H24O4. The maximum absolute atomic E-state index is 12.2. The molecule has 0 aliphatic carbocycles. The van der Waals surface area contributed by atoms with Crippen LogP contribution < -0.4 is 0 Å². The summed E-state index contributed by atoms with van der Waals surface area (Å²) >= 11 is 0. The molecule has 0 heterocycles. The summed E-state index contributed by atoms with van der Waals surface area (Å²) in [6.07, 6.45) is 5.55. The molecule has 0 bridgehead atoms. The first kappa shape index (κ1) is 19.6. The van der Waals surface area contributed by atoms with Gasteiger partial charge in [0.25, 0.3) is 0 Å². The van der Waals surface area contributed by atoms with E-state index in [9.17, 15) is 14.7 Å². The Labute approximate surface area is 143 Å².